The molecule has 0 radical (unpaired) electrons. The van der Waals surface area contributed by atoms with Crippen LogP contribution in [0.1, 0.15) is 19.4 Å². The van der Waals surface area contributed by atoms with Gasteiger partial charge in [-0.05, 0) is 19.9 Å². The van der Waals surface area contributed by atoms with Crippen LogP contribution in [0, 0.1) is 5.82 Å². The highest BCUT2D eigenvalue weighted by Gasteiger charge is 2.21. The molecule has 0 aliphatic rings. The van der Waals surface area contributed by atoms with E-state index < -0.39 is 10.6 Å². The fourth-order valence-electron chi connectivity index (χ4n) is 0.891. The lowest BCUT2D eigenvalue weighted by molar-refractivity contribution is 0.582. The van der Waals surface area contributed by atoms with Gasteiger partial charge in [0.2, 0.25) is 0 Å². The van der Waals surface area contributed by atoms with E-state index in [1.165, 1.54) is 6.20 Å². The van der Waals surface area contributed by atoms with Crippen molar-refractivity contribution in [1.82, 2.24) is 4.98 Å². The second kappa shape index (κ2) is 3.23. The summed E-state index contributed by atoms with van der Waals surface area (Å²) in [5.74, 6) is -0.487. The summed E-state index contributed by atoms with van der Waals surface area (Å²) in [5.41, 5.74) is 0.464. The zero-order valence-corrected chi connectivity index (χ0v) is 8.46. The third-order valence-electron chi connectivity index (χ3n) is 1.51. The highest BCUT2D eigenvalue weighted by Crippen LogP contribution is 2.30. The van der Waals surface area contributed by atoms with E-state index in [1.54, 1.807) is 19.9 Å². The minimum absolute atomic E-state index is 0.102. The molecule has 0 N–H and O–H groups in total. The monoisotopic (exact) mass is 205 g/mol. The molecule has 0 amide bonds. The van der Waals surface area contributed by atoms with Gasteiger partial charge in [-0.3, -0.25) is 0 Å². The third-order valence-corrected chi connectivity index (χ3v) is 2.01. The van der Waals surface area contributed by atoms with E-state index >= 15 is 0 Å². The highest BCUT2D eigenvalue weighted by molar-refractivity contribution is 7.81. The summed E-state index contributed by atoms with van der Waals surface area (Å²) in [6.07, 6.45) is 1.47. The average molecular weight is 206 g/mol. The van der Waals surface area contributed by atoms with Crippen molar-refractivity contribution >= 4 is 24.2 Å². The summed E-state index contributed by atoms with van der Waals surface area (Å²) >= 11 is 9.73. The summed E-state index contributed by atoms with van der Waals surface area (Å²) in [6.45, 7) is 3.59. The number of nitrogens with zero attached hydrogens (tertiary/aromatic N) is 1. The Balaban J connectivity index is 3.26. The van der Waals surface area contributed by atoms with Crippen LogP contribution in [-0.2, 0) is 4.75 Å². The number of thiol groups is 1. The Kier molecular flexibility index (Phi) is 2.64. The van der Waals surface area contributed by atoms with Crippen molar-refractivity contribution in [3.8, 4) is 0 Å². The predicted molar refractivity (Wildman–Crippen MR) is 51.2 cm³/mol. The molecule has 0 fully saturated rings. The van der Waals surface area contributed by atoms with Crippen LogP contribution < -0.4 is 0 Å². The minimum Gasteiger partial charge on any atom is -0.242 e. The number of pyridine rings is 1. The molecule has 0 aromatic carbocycles. The van der Waals surface area contributed by atoms with E-state index in [0.717, 1.165) is 0 Å². The molecular weight excluding hydrogens is 197 g/mol. The molecule has 4 heteroatoms. The van der Waals surface area contributed by atoms with E-state index in [0.29, 0.717) is 5.56 Å². The largest absolute Gasteiger partial charge is 0.242 e. The topological polar surface area (TPSA) is 12.9 Å². The predicted octanol–water partition coefficient (Wildman–Crippen LogP) is 3.04. The number of hydrogen-bond acceptors (Lipinski definition) is 2. The fourth-order valence-corrected chi connectivity index (χ4v) is 1.22. The second-order valence-corrected chi connectivity index (χ2v) is 4.50. The maximum Gasteiger partial charge on any atom is 0.165 e. The summed E-state index contributed by atoms with van der Waals surface area (Å²) in [4.78, 5) is 3.61. The van der Waals surface area contributed by atoms with Crippen LogP contribution in [0.3, 0.4) is 0 Å². The summed E-state index contributed by atoms with van der Waals surface area (Å²) in [5, 5.41) is -0.102. The highest BCUT2D eigenvalue weighted by atomic mass is 35.5. The smallest absolute Gasteiger partial charge is 0.165 e. The lowest BCUT2D eigenvalue weighted by Crippen LogP contribution is -2.10. The first-order valence-electron chi connectivity index (χ1n) is 3.46. The first-order chi connectivity index (χ1) is 5.43. The summed E-state index contributed by atoms with van der Waals surface area (Å²) in [7, 11) is 0. The molecule has 0 unspecified atom stereocenters. The van der Waals surface area contributed by atoms with Crippen LogP contribution in [0.25, 0.3) is 0 Å². The van der Waals surface area contributed by atoms with Gasteiger partial charge in [0.05, 0.1) is 0 Å². The molecular formula is C8H9ClFNS. The van der Waals surface area contributed by atoms with Gasteiger partial charge in [-0.25, -0.2) is 9.37 Å². The first kappa shape index (κ1) is 9.81. The SMILES string of the molecule is CC(C)(S)c1ccnc(Cl)c1F. The molecule has 1 aromatic rings. The summed E-state index contributed by atoms with van der Waals surface area (Å²) < 4.78 is 12.7. The van der Waals surface area contributed by atoms with E-state index in [9.17, 15) is 4.39 Å². The van der Waals surface area contributed by atoms with Gasteiger partial charge in [-0.15, -0.1) is 0 Å². The minimum atomic E-state index is -0.531. The Bertz CT molecular complexity index is 296. The summed E-state index contributed by atoms with van der Waals surface area (Å²) in [6, 6.07) is 1.58. The molecule has 1 nitrogen and oxygen atoms in total. The molecule has 0 aliphatic carbocycles. The van der Waals surface area contributed by atoms with Crippen LogP contribution in [0.4, 0.5) is 4.39 Å². The fraction of sp³-hybridized carbons (Fsp3) is 0.375. The molecule has 0 atom stereocenters. The van der Waals surface area contributed by atoms with Crippen LogP contribution in [0.5, 0.6) is 0 Å². The lowest BCUT2D eigenvalue weighted by Gasteiger charge is -2.18. The molecule has 0 bridgehead atoms. The Hall–Kier alpha value is -0.280. The quantitative estimate of drug-likeness (QED) is 0.549. The van der Waals surface area contributed by atoms with Gasteiger partial charge in [-0.1, -0.05) is 11.6 Å². The van der Waals surface area contributed by atoms with Gasteiger partial charge in [0.1, 0.15) is 0 Å². The molecule has 0 aliphatic heterocycles. The number of rotatable bonds is 1. The van der Waals surface area contributed by atoms with E-state index in [1.807, 2.05) is 0 Å². The van der Waals surface area contributed by atoms with Crippen LogP contribution in [-0.4, -0.2) is 4.98 Å². The van der Waals surface area contributed by atoms with Crippen molar-refractivity contribution < 1.29 is 4.39 Å². The maximum absolute atomic E-state index is 13.3. The van der Waals surface area contributed by atoms with Gasteiger partial charge >= 0.3 is 0 Å². The third kappa shape index (κ3) is 1.90. The van der Waals surface area contributed by atoms with Crippen molar-refractivity contribution in [3.63, 3.8) is 0 Å². The van der Waals surface area contributed by atoms with Crippen LogP contribution in [0.2, 0.25) is 5.15 Å². The van der Waals surface area contributed by atoms with Gasteiger partial charge in [0.15, 0.2) is 11.0 Å². The van der Waals surface area contributed by atoms with Crippen LogP contribution >= 0.6 is 24.2 Å². The maximum atomic E-state index is 13.3. The second-order valence-electron chi connectivity index (χ2n) is 3.02. The van der Waals surface area contributed by atoms with Crippen molar-refractivity contribution in [2.75, 3.05) is 0 Å². The molecule has 0 spiro atoms. The van der Waals surface area contributed by atoms with Crippen molar-refractivity contribution in [2.45, 2.75) is 18.6 Å². The van der Waals surface area contributed by atoms with Crippen LogP contribution in [0.15, 0.2) is 12.3 Å². The van der Waals surface area contributed by atoms with Gasteiger partial charge in [-0.2, -0.15) is 12.6 Å². The molecule has 1 aromatic heterocycles. The van der Waals surface area contributed by atoms with E-state index in [4.69, 9.17) is 11.6 Å². The Labute approximate surface area is 81.4 Å². The Morgan fingerprint density at radius 2 is 2.17 bits per heavy atom. The standard InChI is InChI=1S/C8H9ClFNS/c1-8(2,12)5-3-4-11-7(9)6(5)10/h3-4,12H,1-2H3. The lowest BCUT2D eigenvalue weighted by atomic mass is 10.0. The average Bonchev–Trinajstić information content (AvgIpc) is 1.92. The molecule has 0 saturated heterocycles. The van der Waals surface area contributed by atoms with Gasteiger partial charge in [0.25, 0.3) is 0 Å². The number of aromatic nitrogens is 1. The first-order valence-corrected chi connectivity index (χ1v) is 4.28. The van der Waals surface area contributed by atoms with Gasteiger partial charge in [0, 0.05) is 16.5 Å². The number of halogens is 2. The van der Waals surface area contributed by atoms with Crippen molar-refractivity contribution in [3.05, 3.63) is 28.8 Å². The number of hydrogen-bond donors (Lipinski definition) is 1. The van der Waals surface area contributed by atoms with E-state index in [2.05, 4.69) is 17.6 Å². The normalized spacial score (nSPS) is 11.8. The molecule has 1 heterocycles. The Morgan fingerprint density at radius 1 is 1.58 bits per heavy atom. The molecule has 66 valence electrons. The van der Waals surface area contributed by atoms with Gasteiger partial charge < -0.3 is 0 Å². The zero-order valence-electron chi connectivity index (χ0n) is 6.81. The molecule has 1 rings (SSSR count). The molecule has 0 saturated carbocycles. The van der Waals surface area contributed by atoms with Crippen molar-refractivity contribution in [2.24, 2.45) is 0 Å². The van der Waals surface area contributed by atoms with E-state index in [-0.39, 0.29) is 5.15 Å². The zero-order chi connectivity index (χ0) is 9.35. The van der Waals surface area contributed by atoms with Crippen molar-refractivity contribution in [1.29, 1.82) is 0 Å². The molecule has 12 heavy (non-hydrogen) atoms. The Morgan fingerprint density at radius 3 is 2.58 bits per heavy atom.